The fourth-order valence-corrected chi connectivity index (χ4v) is 4.61. The molecule has 0 spiro atoms. The van der Waals surface area contributed by atoms with Gasteiger partial charge in [0.1, 0.15) is 0 Å². The lowest BCUT2D eigenvalue weighted by Gasteiger charge is -2.41. The smallest absolute Gasteiger partial charge is 0.228 e. The summed E-state index contributed by atoms with van der Waals surface area (Å²) in [7, 11) is 0. The quantitative estimate of drug-likeness (QED) is 0.861. The minimum Gasteiger partial charge on any atom is -0.392 e. The molecule has 6 heteroatoms. The summed E-state index contributed by atoms with van der Waals surface area (Å²) < 4.78 is 0. The van der Waals surface area contributed by atoms with Crippen LogP contribution in [-0.2, 0) is 9.59 Å². The first-order chi connectivity index (χ1) is 13.9. The molecule has 0 aliphatic carbocycles. The fraction of sp³-hybridized carbons (Fsp3) is 0.478. The predicted molar refractivity (Wildman–Crippen MR) is 114 cm³/mol. The number of β-amino-alcohol motifs (C(OH)–C–C–N with tert-alkyl or cyclic N) is 1. The van der Waals surface area contributed by atoms with Gasteiger partial charge in [0.05, 0.1) is 17.7 Å². The average molecular weight is 396 g/mol. The van der Waals surface area contributed by atoms with Crippen molar-refractivity contribution in [2.45, 2.75) is 32.4 Å². The number of rotatable bonds is 4. The highest BCUT2D eigenvalue weighted by Crippen LogP contribution is 2.32. The number of fused-ring (bicyclic) bond motifs is 1. The molecule has 2 aromatic rings. The minimum atomic E-state index is -0.374. The summed E-state index contributed by atoms with van der Waals surface area (Å²) in [5, 5.41) is 11.8. The molecule has 0 radical (unpaired) electrons. The lowest BCUT2D eigenvalue weighted by atomic mass is 10.0. The van der Waals surface area contributed by atoms with Crippen LogP contribution in [0.5, 0.6) is 0 Å². The van der Waals surface area contributed by atoms with Gasteiger partial charge in [0, 0.05) is 50.6 Å². The van der Waals surface area contributed by atoms with Gasteiger partial charge in [-0.1, -0.05) is 36.4 Å². The van der Waals surface area contributed by atoms with Crippen molar-refractivity contribution in [3.8, 4) is 0 Å². The highest BCUT2D eigenvalue weighted by atomic mass is 16.3. The Morgan fingerprint density at radius 1 is 1.14 bits per heavy atom. The van der Waals surface area contributed by atoms with Crippen molar-refractivity contribution in [3.63, 3.8) is 0 Å². The van der Waals surface area contributed by atoms with Crippen LogP contribution in [0.4, 0.5) is 5.69 Å². The summed E-state index contributed by atoms with van der Waals surface area (Å²) in [4.78, 5) is 31.8. The van der Waals surface area contributed by atoms with Crippen molar-refractivity contribution >= 4 is 28.3 Å². The highest BCUT2D eigenvalue weighted by molar-refractivity contribution is 6.07. The van der Waals surface area contributed by atoms with E-state index in [2.05, 4.69) is 11.8 Å². The SMILES string of the molecule is C[C@H](O)CN1CCN(C(=O)[C@H]2CC(=O)N(c3cccc4ccccc34)C2)C[C@@H]1C. The molecule has 2 fully saturated rings. The van der Waals surface area contributed by atoms with Crippen LogP contribution in [0.1, 0.15) is 20.3 Å². The topological polar surface area (TPSA) is 64.1 Å². The van der Waals surface area contributed by atoms with Gasteiger partial charge in [-0.25, -0.2) is 0 Å². The molecule has 0 bridgehead atoms. The van der Waals surface area contributed by atoms with Gasteiger partial charge in [-0.05, 0) is 25.3 Å². The van der Waals surface area contributed by atoms with E-state index in [1.165, 1.54) is 0 Å². The van der Waals surface area contributed by atoms with E-state index in [1.807, 2.05) is 47.4 Å². The maximum atomic E-state index is 13.1. The fourth-order valence-electron chi connectivity index (χ4n) is 4.61. The number of anilines is 1. The van der Waals surface area contributed by atoms with Crippen LogP contribution < -0.4 is 4.90 Å². The number of aliphatic hydroxyl groups is 1. The first kappa shape index (κ1) is 19.9. The van der Waals surface area contributed by atoms with Gasteiger partial charge in [-0.3, -0.25) is 14.5 Å². The van der Waals surface area contributed by atoms with Gasteiger partial charge in [0.2, 0.25) is 11.8 Å². The third kappa shape index (κ3) is 4.00. The van der Waals surface area contributed by atoms with Crippen molar-refractivity contribution in [3.05, 3.63) is 42.5 Å². The Hall–Kier alpha value is -2.44. The Bertz CT molecular complexity index is 908. The molecule has 3 atom stereocenters. The monoisotopic (exact) mass is 395 g/mol. The molecule has 154 valence electrons. The second-order valence-corrected chi connectivity index (χ2v) is 8.38. The third-order valence-electron chi connectivity index (χ3n) is 6.11. The zero-order valence-corrected chi connectivity index (χ0v) is 17.1. The number of carbonyl (C=O) groups excluding carboxylic acids is 2. The highest BCUT2D eigenvalue weighted by Gasteiger charge is 2.39. The number of aliphatic hydroxyl groups excluding tert-OH is 1. The Labute approximate surface area is 171 Å². The maximum Gasteiger partial charge on any atom is 0.228 e. The van der Waals surface area contributed by atoms with Crippen molar-refractivity contribution < 1.29 is 14.7 Å². The van der Waals surface area contributed by atoms with E-state index in [1.54, 1.807) is 11.8 Å². The number of hydrogen-bond donors (Lipinski definition) is 1. The molecule has 0 saturated carbocycles. The van der Waals surface area contributed by atoms with E-state index in [0.717, 1.165) is 23.0 Å². The van der Waals surface area contributed by atoms with E-state index < -0.39 is 0 Å². The molecule has 0 aromatic heterocycles. The molecular formula is C23H29N3O3. The largest absolute Gasteiger partial charge is 0.392 e. The Kier molecular flexibility index (Phi) is 5.56. The van der Waals surface area contributed by atoms with Gasteiger partial charge >= 0.3 is 0 Å². The number of piperazine rings is 1. The summed E-state index contributed by atoms with van der Waals surface area (Å²) >= 11 is 0. The van der Waals surface area contributed by atoms with E-state index in [0.29, 0.717) is 26.2 Å². The van der Waals surface area contributed by atoms with Gasteiger partial charge in [-0.15, -0.1) is 0 Å². The van der Waals surface area contributed by atoms with E-state index in [4.69, 9.17) is 0 Å². The van der Waals surface area contributed by atoms with Crippen molar-refractivity contribution in [1.29, 1.82) is 0 Å². The summed E-state index contributed by atoms with van der Waals surface area (Å²) in [6, 6.07) is 14.2. The summed E-state index contributed by atoms with van der Waals surface area (Å²) in [5.74, 6) is -0.206. The lowest BCUT2D eigenvalue weighted by molar-refractivity contribution is -0.138. The number of hydrogen-bond acceptors (Lipinski definition) is 4. The lowest BCUT2D eigenvalue weighted by Crippen LogP contribution is -2.56. The summed E-state index contributed by atoms with van der Waals surface area (Å²) in [6.07, 6.45) is -0.106. The number of carbonyl (C=O) groups is 2. The molecule has 2 saturated heterocycles. The van der Waals surface area contributed by atoms with Crippen LogP contribution in [0, 0.1) is 5.92 Å². The van der Waals surface area contributed by atoms with Gasteiger partial charge in [-0.2, -0.15) is 0 Å². The molecule has 0 unspecified atom stereocenters. The molecule has 2 aliphatic heterocycles. The van der Waals surface area contributed by atoms with Gasteiger partial charge < -0.3 is 14.9 Å². The molecule has 2 amide bonds. The zero-order valence-electron chi connectivity index (χ0n) is 17.1. The van der Waals surface area contributed by atoms with Crippen LogP contribution in [-0.4, -0.2) is 71.6 Å². The Balaban J connectivity index is 1.46. The Morgan fingerprint density at radius 3 is 2.66 bits per heavy atom. The van der Waals surface area contributed by atoms with Crippen LogP contribution in [0.25, 0.3) is 10.8 Å². The molecule has 2 heterocycles. The van der Waals surface area contributed by atoms with E-state index >= 15 is 0 Å². The van der Waals surface area contributed by atoms with Crippen LogP contribution in [0.3, 0.4) is 0 Å². The molecule has 2 aliphatic rings. The number of nitrogens with zero attached hydrogens (tertiary/aromatic N) is 3. The van der Waals surface area contributed by atoms with Gasteiger partial charge in [0.25, 0.3) is 0 Å². The average Bonchev–Trinajstić information content (AvgIpc) is 3.09. The summed E-state index contributed by atoms with van der Waals surface area (Å²) in [5.41, 5.74) is 0.888. The third-order valence-corrected chi connectivity index (χ3v) is 6.11. The second-order valence-electron chi connectivity index (χ2n) is 8.38. The number of benzene rings is 2. The second kappa shape index (κ2) is 8.13. The molecular weight excluding hydrogens is 366 g/mol. The normalized spacial score (nSPS) is 24.3. The minimum absolute atomic E-state index is 0.0143. The molecule has 29 heavy (non-hydrogen) atoms. The molecule has 4 rings (SSSR count). The molecule has 2 aromatic carbocycles. The van der Waals surface area contributed by atoms with Crippen LogP contribution >= 0.6 is 0 Å². The first-order valence-electron chi connectivity index (χ1n) is 10.4. The Morgan fingerprint density at radius 2 is 1.90 bits per heavy atom. The maximum absolute atomic E-state index is 13.1. The first-order valence-corrected chi connectivity index (χ1v) is 10.4. The molecule has 1 N–H and O–H groups in total. The molecule has 6 nitrogen and oxygen atoms in total. The number of amides is 2. The van der Waals surface area contributed by atoms with E-state index in [9.17, 15) is 14.7 Å². The van der Waals surface area contributed by atoms with Crippen LogP contribution in [0.2, 0.25) is 0 Å². The standard InChI is InChI=1S/C23H29N3O3/c1-16-13-25(11-10-24(16)14-17(2)27)23(29)19-12-22(28)26(15-19)21-9-5-7-18-6-3-4-8-20(18)21/h3-9,16-17,19,27H,10-15H2,1-2H3/t16-,17-,19-/m0/s1. The van der Waals surface area contributed by atoms with Crippen molar-refractivity contribution in [2.24, 2.45) is 5.92 Å². The van der Waals surface area contributed by atoms with Gasteiger partial charge in [0.15, 0.2) is 0 Å². The summed E-state index contributed by atoms with van der Waals surface area (Å²) in [6.45, 7) is 6.99. The van der Waals surface area contributed by atoms with Crippen LogP contribution in [0.15, 0.2) is 42.5 Å². The van der Waals surface area contributed by atoms with E-state index in [-0.39, 0.29) is 36.3 Å². The predicted octanol–water partition coefficient (Wildman–Crippen LogP) is 2.11. The van der Waals surface area contributed by atoms with Crippen molar-refractivity contribution in [2.75, 3.05) is 37.6 Å². The zero-order chi connectivity index (χ0) is 20.5. The van der Waals surface area contributed by atoms with Crippen molar-refractivity contribution in [1.82, 2.24) is 9.80 Å².